The van der Waals surface area contributed by atoms with Crippen molar-refractivity contribution in [1.29, 1.82) is 0 Å². The Morgan fingerprint density at radius 1 is 0.783 bits per heavy atom. The van der Waals surface area contributed by atoms with Crippen LogP contribution >= 0.6 is 0 Å². The standard InChI is InChI=1S/C11H25O8Si4/c1-12-4-7-15-23(16-8-5-13-2,17-9-6-14-3)19-22-18-21-11-10-20/h4-11H2,1-3H3. The summed E-state index contributed by atoms with van der Waals surface area (Å²) >= 11 is 0. The molecule has 0 rings (SSSR count). The van der Waals surface area contributed by atoms with Crippen LogP contribution in [-0.2, 0) is 35.7 Å². The van der Waals surface area contributed by atoms with Crippen molar-refractivity contribution in [2.24, 2.45) is 0 Å². The van der Waals surface area contributed by atoms with E-state index < -0.39 is 9.05 Å². The molecule has 0 N–H and O–H groups in total. The Balaban J connectivity index is 4.52. The highest BCUT2D eigenvalue weighted by atomic mass is 28.4. The summed E-state index contributed by atoms with van der Waals surface area (Å²) in [5, 5.41) is 0. The molecule has 8 nitrogen and oxygen atoms in total. The molecule has 0 aromatic heterocycles. The summed E-state index contributed by atoms with van der Waals surface area (Å²) in [7, 11) is 4.98. The normalized spacial score (nSPS) is 12.0. The molecule has 0 bridgehead atoms. The molecular weight excluding hydrogens is 372 g/mol. The molecule has 0 aliphatic heterocycles. The lowest BCUT2D eigenvalue weighted by Gasteiger charge is -2.27. The van der Waals surface area contributed by atoms with E-state index in [-0.39, 0.29) is 10.0 Å². The molecule has 133 valence electrons. The van der Waals surface area contributed by atoms with E-state index in [1.165, 1.54) is 0 Å². The molecule has 0 unspecified atom stereocenters. The van der Waals surface area contributed by atoms with Gasteiger partial charge in [0.25, 0.3) is 0 Å². The molecule has 0 atom stereocenters. The summed E-state index contributed by atoms with van der Waals surface area (Å²) in [6.45, 7) is 2.14. The van der Waals surface area contributed by atoms with Gasteiger partial charge in [-0.05, 0) is 6.04 Å². The van der Waals surface area contributed by atoms with Crippen LogP contribution in [0.25, 0.3) is 0 Å². The highest BCUT2D eigenvalue weighted by molar-refractivity contribution is 6.60. The van der Waals surface area contributed by atoms with Gasteiger partial charge in [0.2, 0.25) is 9.76 Å². The van der Waals surface area contributed by atoms with Gasteiger partial charge < -0.3 is 35.7 Å². The molecule has 0 fully saturated rings. The quantitative estimate of drug-likeness (QED) is 0.229. The maximum Gasteiger partial charge on any atom is 0.670 e. The molecule has 0 spiro atoms. The first-order chi connectivity index (χ1) is 11.2. The fourth-order valence-corrected chi connectivity index (χ4v) is 5.13. The number of methoxy groups -OCH3 is 3. The van der Waals surface area contributed by atoms with Crippen LogP contribution in [0.4, 0.5) is 0 Å². The molecule has 0 aliphatic rings. The molecule has 0 aromatic rings. The van der Waals surface area contributed by atoms with E-state index in [2.05, 4.69) is 10.2 Å². The minimum Gasteiger partial charge on any atom is -0.435 e. The Labute approximate surface area is 148 Å². The third kappa shape index (κ3) is 13.5. The van der Waals surface area contributed by atoms with Gasteiger partial charge in [-0.25, -0.2) is 0 Å². The second kappa shape index (κ2) is 17.4. The van der Waals surface area contributed by atoms with Gasteiger partial charge in [-0.3, -0.25) is 0 Å². The van der Waals surface area contributed by atoms with E-state index in [0.717, 1.165) is 12.1 Å². The van der Waals surface area contributed by atoms with Crippen LogP contribution in [0.3, 0.4) is 0 Å². The molecule has 7 radical (unpaired) electrons. The predicted octanol–water partition coefficient (Wildman–Crippen LogP) is -0.397. The van der Waals surface area contributed by atoms with Gasteiger partial charge >= 0.3 is 19.1 Å². The third-order valence-corrected chi connectivity index (χ3v) is 7.33. The molecule has 23 heavy (non-hydrogen) atoms. The van der Waals surface area contributed by atoms with Gasteiger partial charge in [-0.1, -0.05) is 6.04 Å². The smallest absolute Gasteiger partial charge is 0.435 e. The van der Waals surface area contributed by atoms with Crippen LogP contribution in [0.2, 0.25) is 12.1 Å². The van der Waals surface area contributed by atoms with E-state index in [0.29, 0.717) is 49.4 Å². The van der Waals surface area contributed by atoms with Crippen molar-refractivity contribution in [2.45, 2.75) is 12.1 Å². The number of ether oxygens (including phenoxy) is 3. The van der Waals surface area contributed by atoms with Crippen molar-refractivity contribution in [2.75, 3.05) is 61.0 Å². The molecule has 0 heterocycles. The minimum absolute atomic E-state index is 0.216. The van der Waals surface area contributed by atoms with Gasteiger partial charge in [0.1, 0.15) is 0 Å². The fraction of sp³-hybridized carbons (Fsp3) is 1.00. The zero-order valence-corrected chi connectivity index (χ0v) is 17.9. The molecule has 0 saturated carbocycles. The lowest BCUT2D eigenvalue weighted by molar-refractivity contribution is -0.0304. The highest BCUT2D eigenvalue weighted by Gasteiger charge is 2.46. The summed E-state index contributed by atoms with van der Waals surface area (Å²) in [6.07, 6.45) is 0. The van der Waals surface area contributed by atoms with Crippen molar-refractivity contribution in [3.05, 3.63) is 0 Å². The SMILES string of the molecule is COCCO[Si](OCCOC)(OCCOC)O[Si]O[Si]CC[Si]. The maximum absolute atomic E-state index is 5.73. The fourth-order valence-electron chi connectivity index (χ4n) is 1.17. The Hall–Kier alpha value is 0.548. The third-order valence-electron chi connectivity index (χ3n) is 2.21. The maximum atomic E-state index is 5.73. The van der Waals surface area contributed by atoms with Crippen LogP contribution in [0.1, 0.15) is 0 Å². The highest BCUT2D eigenvalue weighted by Crippen LogP contribution is 2.12. The van der Waals surface area contributed by atoms with Gasteiger partial charge in [-0.2, -0.15) is 0 Å². The lowest BCUT2D eigenvalue weighted by atomic mass is 10.8. The largest absolute Gasteiger partial charge is 0.670 e. The van der Waals surface area contributed by atoms with Gasteiger partial charge in [-0.15, -0.1) is 0 Å². The van der Waals surface area contributed by atoms with Crippen molar-refractivity contribution < 1.29 is 35.7 Å². The number of rotatable bonds is 18. The van der Waals surface area contributed by atoms with Gasteiger partial charge in [0.05, 0.1) is 39.6 Å². The van der Waals surface area contributed by atoms with E-state index in [1.807, 2.05) is 0 Å². The Morgan fingerprint density at radius 3 is 1.65 bits per heavy atom. The molecule has 12 heteroatoms. The van der Waals surface area contributed by atoms with Crippen LogP contribution in [0.5, 0.6) is 0 Å². The Morgan fingerprint density at radius 2 is 1.26 bits per heavy atom. The summed E-state index contributed by atoms with van der Waals surface area (Å²) in [5.74, 6) is 0. The van der Waals surface area contributed by atoms with E-state index in [1.54, 1.807) is 21.3 Å². The first-order valence-electron chi connectivity index (χ1n) is 7.09. The first-order valence-corrected chi connectivity index (χ1v) is 11.4. The number of hydrogen-bond donors (Lipinski definition) is 0. The van der Waals surface area contributed by atoms with Gasteiger partial charge in [0, 0.05) is 31.6 Å². The van der Waals surface area contributed by atoms with Crippen molar-refractivity contribution >= 4 is 39.1 Å². The first kappa shape index (κ1) is 23.5. The van der Waals surface area contributed by atoms with Crippen molar-refractivity contribution in [3.63, 3.8) is 0 Å². The summed E-state index contributed by atoms with van der Waals surface area (Å²) in [6, 6.07) is 1.80. The monoisotopic (exact) mass is 397 g/mol. The van der Waals surface area contributed by atoms with Crippen LogP contribution in [-0.4, -0.2) is 100 Å². The van der Waals surface area contributed by atoms with E-state index in [4.69, 9.17) is 35.7 Å². The molecule has 0 aromatic carbocycles. The van der Waals surface area contributed by atoms with E-state index >= 15 is 0 Å². The topological polar surface area (TPSA) is 73.8 Å². The lowest BCUT2D eigenvalue weighted by Crippen LogP contribution is -2.52. The van der Waals surface area contributed by atoms with Crippen LogP contribution in [0, 0.1) is 0 Å². The zero-order chi connectivity index (χ0) is 17.2. The molecule has 0 amide bonds. The molecule has 0 saturated heterocycles. The number of hydrogen-bond acceptors (Lipinski definition) is 8. The second-order valence-corrected chi connectivity index (χ2v) is 8.91. The average molecular weight is 398 g/mol. The van der Waals surface area contributed by atoms with E-state index in [9.17, 15) is 0 Å². The average Bonchev–Trinajstić information content (AvgIpc) is 2.55. The second-order valence-electron chi connectivity index (χ2n) is 3.96. The van der Waals surface area contributed by atoms with Gasteiger partial charge in [0.15, 0.2) is 0 Å². The zero-order valence-electron chi connectivity index (χ0n) is 13.9. The molecular formula is C11H25O8Si4. The van der Waals surface area contributed by atoms with Crippen LogP contribution < -0.4 is 0 Å². The minimum atomic E-state index is -3.33. The molecule has 0 aliphatic carbocycles. The van der Waals surface area contributed by atoms with Crippen molar-refractivity contribution in [1.82, 2.24) is 0 Å². The summed E-state index contributed by atoms with van der Waals surface area (Å²) in [5.41, 5.74) is 0. The Kier molecular flexibility index (Phi) is 17.8. The predicted molar refractivity (Wildman–Crippen MR) is 88.3 cm³/mol. The van der Waals surface area contributed by atoms with Crippen molar-refractivity contribution in [3.8, 4) is 0 Å². The Bertz CT molecular complexity index is 226. The van der Waals surface area contributed by atoms with Crippen LogP contribution in [0.15, 0.2) is 0 Å². The summed E-state index contributed by atoms with van der Waals surface area (Å²) < 4.78 is 43.3. The summed E-state index contributed by atoms with van der Waals surface area (Å²) in [4.78, 5) is 0.